The van der Waals surface area contributed by atoms with Crippen molar-refractivity contribution < 1.29 is 23.5 Å². The molecule has 1 aliphatic rings. The van der Waals surface area contributed by atoms with Gasteiger partial charge in [0, 0.05) is 32.2 Å². The molecule has 1 aliphatic heterocycles. The Morgan fingerprint density at radius 1 is 1.07 bits per heavy atom. The molecule has 0 bridgehead atoms. The lowest BCUT2D eigenvalue weighted by atomic mass is 10.1. The Hall–Kier alpha value is -2.80. The number of benzene rings is 2. The third kappa shape index (κ3) is 5.17. The summed E-state index contributed by atoms with van der Waals surface area (Å²) in [5, 5.41) is -0.0600. The predicted molar refractivity (Wildman–Crippen MR) is 107 cm³/mol. The molecule has 1 heterocycles. The molecule has 1 fully saturated rings. The van der Waals surface area contributed by atoms with Gasteiger partial charge in [-0.2, -0.15) is 0 Å². The summed E-state index contributed by atoms with van der Waals surface area (Å²) in [6, 6.07) is 11.0. The molecule has 3 rings (SSSR count). The molecule has 29 heavy (non-hydrogen) atoms. The first kappa shape index (κ1) is 20.9. The number of hydrogen-bond acceptors (Lipinski definition) is 4. The second-order valence-electron chi connectivity index (χ2n) is 6.59. The Kier molecular flexibility index (Phi) is 6.93. The van der Waals surface area contributed by atoms with Gasteiger partial charge in [0.1, 0.15) is 17.3 Å². The van der Waals surface area contributed by atoms with Crippen LogP contribution in [0.4, 0.5) is 4.39 Å². The van der Waals surface area contributed by atoms with E-state index in [0.29, 0.717) is 49.7 Å². The van der Waals surface area contributed by atoms with Crippen LogP contribution in [0, 0.1) is 5.82 Å². The third-order valence-electron chi connectivity index (χ3n) is 4.73. The van der Waals surface area contributed by atoms with Crippen LogP contribution in [0.1, 0.15) is 16.8 Å². The van der Waals surface area contributed by atoms with E-state index in [0.717, 1.165) is 0 Å². The van der Waals surface area contributed by atoms with E-state index in [1.165, 1.54) is 25.3 Å². The van der Waals surface area contributed by atoms with Gasteiger partial charge >= 0.3 is 0 Å². The molecule has 6 nitrogen and oxygen atoms in total. The van der Waals surface area contributed by atoms with Crippen molar-refractivity contribution in [2.24, 2.45) is 0 Å². The molecular weight excluding hydrogens is 399 g/mol. The minimum absolute atomic E-state index is 0.0600. The van der Waals surface area contributed by atoms with E-state index >= 15 is 0 Å². The summed E-state index contributed by atoms with van der Waals surface area (Å²) < 4.78 is 23.9. The number of ether oxygens (including phenoxy) is 2. The topological polar surface area (TPSA) is 59.1 Å². The minimum Gasteiger partial charge on any atom is -0.496 e. The third-order valence-corrected chi connectivity index (χ3v) is 5.02. The number of rotatable bonds is 5. The summed E-state index contributed by atoms with van der Waals surface area (Å²) in [7, 11) is 1.53. The molecule has 0 unspecified atom stereocenters. The van der Waals surface area contributed by atoms with Crippen molar-refractivity contribution in [1.29, 1.82) is 0 Å². The lowest BCUT2D eigenvalue weighted by molar-refractivity contribution is -0.133. The second kappa shape index (κ2) is 9.60. The van der Waals surface area contributed by atoms with Gasteiger partial charge in [0.2, 0.25) is 0 Å². The van der Waals surface area contributed by atoms with Crippen molar-refractivity contribution >= 4 is 23.4 Å². The zero-order valence-corrected chi connectivity index (χ0v) is 16.8. The van der Waals surface area contributed by atoms with Crippen LogP contribution in [0.5, 0.6) is 11.5 Å². The number of halogens is 2. The first-order valence-electron chi connectivity index (χ1n) is 9.27. The zero-order valence-electron chi connectivity index (χ0n) is 16.1. The van der Waals surface area contributed by atoms with E-state index < -0.39 is 5.82 Å². The summed E-state index contributed by atoms with van der Waals surface area (Å²) in [5.41, 5.74) is 0.506. The van der Waals surface area contributed by atoms with E-state index in [1.807, 2.05) is 6.07 Å². The van der Waals surface area contributed by atoms with Crippen LogP contribution < -0.4 is 9.47 Å². The van der Waals surface area contributed by atoms with Crippen molar-refractivity contribution in [3.05, 3.63) is 58.9 Å². The van der Waals surface area contributed by atoms with Gasteiger partial charge in [-0.05, 0) is 30.7 Å². The maximum absolute atomic E-state index is 13.2. The molecule has 0 atom stereocenters. The van der Waals surface area contributed by atoms with E-state index in [2.05, 4.69) is 0 Å². The van der Waals surface area contributed by atoms with Gasteiger partial charge in [-0.25, -0.2) is 4.39 Å². The van der Waals surface area contributed by atoms with Crippen LogP contribution in [0.2, 0.25) is 5.02 Å². The smallest absolute Gasteiger partial charge is 0.260 e. The van der Waals surface area contributed by atoms with Crippen LogP contribution in [0.25, 0.3) is 0 Å². The number of nitrogens with zero attached hydrogens (tertiary/aromatic N) is 2. The van der Waals surface area contributed by atoms with Crippen molar-refractivity contribution in [3.8, 4) is 11.5 Å². The van der Waals surface area contributed by atoms with Gasteiger partial charge in [0.25, 0.3) is 11.8 Å². The molecule has 0 saturated carbocycles. The van der Waals surface area contributed by atoms with Crippen molar-refractivity contribution in [3.63, 3.8) is 0 Å². The highest BCUT2D eigenvalue weighted by Crippen LogP contribution is 2.22. The fourth-order valence-electron chi connectivity index (χ4n) is 3.16. The summed E-state index contributed by atoms with van der Waals surface area (Å²) in [6.07, 6.45) is 0.662. The van der Waals surface area contributed by atoms with Gasteiger partial charge in [0.15, 0.2) is 6.61 Å². The summed E-state index contributed by atoms with van der Waals surface area (Å²) >= 11 is 5.72. The van der Waals surface area contributed by atoms with Gasteiger partial charge in [0.05, 0.1) is 17.7 Å². The minimum atomic E-state index is -0.544. The Morgan fingerprint density at radius 3 is 2.55 bits per heavy atom. The van der Waals surface area contributed by atoms with E-state index in [1.54, 1.807) is 28.0 Å². The standard InChI is InChI=1S/C21H22ClFN2O4/c1-28-19-6-3-2-5-16(19)21(27)25-10-4-9-24(11-12-25)20(26)14-29-15-7-8-18(23)17(22)13-15/h2-3,5-8,13H,4,9-12,14H2,1H3. The Morgan fingerprint density at radius 2 is 1.79 bits per heavy atom. The fraction of sp³-hybridized carbons (Fsp3) is 0.333. The monoisotopic (exact) mass is 420 g/mol. The maximum atomic E-state index is 13.2. The number of carbonyl (C=O) groups is 2. The molecule has 2 aromatic rings. The lowest BCUT2D eigenvalue weighted by Crippen LogP contribution is -2.39. The Balaban J connectivity index is 1.56. The van der Waals surface area contributed by atoms with Gasteiger partial charge in [-0.15, -0.1) is 0 Å². The number of amides is 2. The molecule has 2 aromatic carbocycles. The van der Waals surface area contributed by atoms with Crippen LogP contribution in [-0.4, -0.2) is 61.5 Å². The second-order valence-corrected chi connectivity index (χ2v) is 7.00. The summed E-state index contributed by atoms with van der Waals surface area (Å²) in [5.74, 6) is -0.00255. The van der Waals surface area contributed by atoms with Crippen LogP contribution in [0.15, 0.2) is 42.5 Å². The van der Waals surface area contributed by atoms with Crippen molar-refractivity contribution in [1.82, 2.24) is 9.80 Å². The SMILES string of the molecule is COc1ccccc1C(=O)N1CCCN(C(=O)COc2ccc(F)c(Cl)c2)CC1. The summed E-state index contributed by atoms with van der Waals surface area (Å²) in [6.45, 7) is 1.73. The van der Waals surface area contributed by atoms with Crippen LogP contribution in [-0.2, 0) is 4.79 Å². The molecule has 8 heteroatoms. The number of para-hydroxylation sites is 1. The van der Waals surface area contributed by atoms with Gasteiger partial charge < -0.3 is 19.3 Å². The molecule has 154 valence electrons. The average molecular weight is 421 g/mol. The van der Waals surface area contributed by atoms with Crippen LogP contribution >= 0.6 is 11.6 Å². The van der Waals surface area contributed by atoms with Gasteiger partial charge in [-0.3, -0.25) is 9.59 Å². The van der Waals surface area contributed by atoms with E-state index in [4.69, 9.17) is 21.1 Å². The highest BCUT2D eigenvalue weighted by Gasteiger charge is 2.24. The largest absolute Gasteiger partial charge is 0.496 e. The average Bonchev–Trinajstić information content (AvgIpc) is 3.00. The molecule has 0 spiro atoms. The molecular formula is C21H22ClFN2O4. The van der Waals surface area contributed by atoms with Crippen molar-refractivity contribution in [2.45, 2.75) is 6.42 Å². The molecule has 0 radical (unpaired) electrons. The maximum Gasteiger partial charge on any atom is 0.260 e. The number of methoxy groups -OCH3 is 1. The van der Waals surface area contributed by atoms with Crippen molar-refractivity contribution in [2.75, 3.05) is 39.9 Å². The first-order chi connectivity index (χ1) is 14.0. The molecule has 0 N–H and O–H groups in total. The lowest BCUT2D eigenvalue weighted by Gasteiger charge is -2.23. The Bertz CT molecular complexity index is 893. The molecule has 0 aromatic heterocycles. The Labute approximate surface area is 173 Å². The molecule has 0 aliphatic carbocycles. The normalized spacial score (nSPS) is 14.3. The number of carbonyl (C=O) groups excluding carboxylic acids is 2. The van der Waals surface area contributed by atoms with Gasteiger partial charge in [-0.1, -0.05) is 23.7 Å². The van der Waals surface area contributed by atoms with E-state index in [9.17, 15) is 14.0 Å². The quantitative estimate of drug-likeness (QED) is 0.745. The van der Waals surface area contributed by atoms with E-state index in [-0.39, 0.29) is 23.4 Å². The number of hydrogen-bond donors (Lipinski definition) is 0. The summed E-state index contributed by atoms with van der Waals surface area (Å²) in [4.78, 5) is 28.7. The first-order valence-corrected chi connectivity index (χ1v) is 9.65. The highest BCUT2D eigenvalue weighted by molar-refractivity contribution is 6.30. The van der Waals surface area contributed by atoms with Crippen LogP contribution in [0.3, 0.4) is 0 Å². The predicted octanol–water partition coefficient (Wildman–Crippen LogP) is 3.24. The zero-order chi connectivity index (χ0) is 20.8. The molecule has 1 saturated heterocycles. The molecule has 2 amide bonds. The highest BCUT2D eigenvalue weighted by atomic mass is 35.5. The fourth-order valence-corrected chi connectivity index (χ4v) is 3.34.